The molecule has 0 fully saturated rings. The molecule has 0 bridgehead atoms. The molecule has 0 aliphatic rings. The maximum Gasteiger partial charge on any atom is 0.209 e. The molecule has 0 atom stereocenters. The van der Waals surface area contributed by atoms with Crippen LogP contribution < -0.4 is 20.1 Å². The third-order valence-corrected chi connectivity index (χ3v) is 5.51. The Kier molecular flexibility index (Phi) is 8.54. The van der Waals surface area contributed by atoms with Crippen molar-refractivity contribution in [3.05, 3.63) is 71.6 Å². The van der Waals surface area contributed by atoms with Crippen LogP contribution in [-0.2, 0) is 4.79 Å². The topological polar surface area (TPSA) is 101 Å². The Hall–Kier alpha value is -3.72. The van der Waals surface area contributed by atoms with Gasteiger partial charge < -0.3 is 20.1 Å². The van der Waals surface area contributed by atoms with Gasteiger partial charge in [-0.1, -0.05) is 42.1 Å². The second kappa shape index (κ2) is 11.8. The molecule has 0 saturated heterocycles. The highest BCUT2D eigenvalue weighted by Crippen LogP contribution is 2.28. The molecule has 0 saturated carbocycles. The van der Waals surface area contributed by atoms with Crippen molar-refractivity contribution >= 4 is 29.7 Å². The number of para-hydroxylation sites is 1. The number of aromatic nitrogens is 3. The molecule has 8 nitrogen and oxygen atoms in total. The highest BCUT2D eigenvalue weighted by atomic mass is 32.2. The molecule has 1 heterocycles. The summed E-state index contributed by atoms with van der Waals surface area (Å²) < 4.78 is 17.8. The van der Waals surface area contributed by atoms with E-state index in [1.165, 1.54) is 28.6 Å². The summed E-state index contributed by atoms with van der Waals surface area (Å²) in [6.07, 6.45) is 6.48. The summed E-state index contributed by atoms with van der Waals surface area (Å²) in [5.74, 6) is 8.94. The van der Waals surface area contributed by atoms with E-state index in [1.807, 2.05) is 36.4 Å². The number of nitrogens with zero attached hydrogens (tertiary/aromatic N) is 3. The Bertz CT molecular complexity index is 1160. The number of hydrogen-bond acceptors (Lipinski definition) is 8. The van der Waals surface area contributed by atoms with Crippen molar-refractivity contribution in [2.24, 2.45) is 0 Å². The monoisotopic (exact) mass is 466 g/mol. The minimum atomic E-state index is -0.146. The van der Waals surface area contributed by atoms with Gasteiger partial charge in [-0.25, -0.2) is 4.68 Å². The first-order valence-electron chi connectivity index (χ1n) is 10.2. The third-order valence-electron chi connectivity index (χ3n) is 4.60. The van der Waals surface area contributed by atoms with Gasteiger partial charge in [0.25, 0.3) is 0 Å². The number of nitrogens with two attached hydrogens (primary N) is 1. The second-order valence-electron chi connectivity index (χ2n) is 6.82. The van der Waals surface area contributed by atoms with Gasteiger partial charge in [0.15, 0.2) is 17.3 Å². The molecule has 2 N–H and O–H groups in total. The molecule has 0 aliphatic heterocycles. The first-order valence-corrected chi connectivity index (χ1v) is 11.1. The Labute approximate surface area is 197 Å². The maximum absolute atomic E-state index is 12.3. The molecule has 1 aromatic heterocycles. The van der Waals surface area contributed by atoms with Gasteiger partial charge in [-0.3, -0.25) is 4.79 Å². The molecule has 2 aromatic carbocycles. The number of ether oxygens (including phenoxy) is 3. The lowest BCUT2D eigenvalue weighted by molar-refractivity contribution is -0.110. The number of allylic oxidation sites excluding steroid dienone is 2. The van der Waals surface area contributed by atoms with E-state index in [4.69, 9.17) is 20.1 Å². The SMILES string of the molecule is COc1ccc(C=CC(=O)C=Cc2ccccc2OCCSc2nnc(C)n2N)cc1OC. The average molecular weight is 467 g/mol. The van der Waals surface area contributed by atoms with Crippen molar-refractivity contribution < 1.29 is 19.0 Å². The van der Waals surface area contributed by atoms with Crippen molar-refractivity contribution in [1.29, 1.82) is 0 Å². The van der Waals surface area contributed by atoms with E-state index in [9.17, 15) is 4.79 Å². The molecule has 3 aromatic rings. The number of carbonyl (C=O) groups excluding carboxylic acids is 1. The highest BCUT2D eigenvalue weighted by molar-refractivity contribution is 7.99. The Morgan fingerprint density at radius 1 is 1.03 bits per heavy atom. The van der Waals surface area contributed by atoms with Crippen LogP contribution in [0.1, 0.15) is 17.0 Å². The van der Waals surface area contributed by atoms with E-state index in [-0.39, 0.29) is 5.78 Å². The second-order valence-corrected chi connectivity index (χ2v) is 7.88. The van der Waals surface area contributed by atoms with Crippen LogP contribution in [0.3, 0.4) is 0 Å². The van der Waals surface area contributed by atoms with Gasteiger partial charge in [0.1, 0.15) is 11.6 Å². The normalized spacial score (nSPS) is 11.2. The van der Waals surface area contributed by atoms with Crippen molar-refractivity contribution in [1.82, 2.24) is 14.9 Å². The zero-order valence-corrected chi connectivity index (χ0v) is 19.5. The third kappa shape index (κ3) is 6.63. The van der Waals surface area contributed by atoms with Gasteiger partial charge in [0, 0.05) is 11.3 Å². The summed E-state index contributed by atoms with van der Waals surface area (Å²) in [5.41, 5.74) is 1.65. The molecular formula is C24H26N4O4S. The molecule has 0 spiro atoms. The Morgan fingerprint density at radius 3 is 2.52 bits per heavy atom. The van der Waals surface area contributed by atoms with Gasteiger partial charge in [0.2, 0.25) is 5.16 Å². The molecule has 3 rings (SSSR count). The summed E-state index contributed by atoms with van der Waals surface area (Å²) >= 11 is 1.46. The number of benzene rings is 2. The van der Waals surface area contributed by atoms with Gasteiger partial charge in [-0.05, 0) is 48.9 Å². The molecule has 33 heavy (non-hydrogen) atoms. The Morgan fingerprint density at radius 2 is 1.79 bits per heavy atom. The minimum absolute atomic E-state index is 0.146. The van der Waals surface area contributed by atoms with Crippen LogP contribution in [0.2, 0.25) is 0 Å². The summed E-state index contributed by atoms with van der Waals surface area (Å²) in [6.45, 7) is 2.25. The number of methoxy groups -OCH3 is 2. The number of nitrogen functional groups attached to an aromatic ring is 1. The standard InChI is InChI=1S/C24H26N4O4S/c1-17-26-27-24(28(17)25)33-15-14-32-21-7-5-4-6-19(21)10-12-20(29)11-8-18-9-13-22(30-2)23(16-18)31-3/h4-13,16H,14-15,25H2,1-3H3. The van der Waals surface area contributed by atoms with E-state index in [0.717, 1.165) is 11.1 Å². The molecular weight excluding hydrogens is 440 g/mol. The van der Waals surface area contributed by atoms with Crippen molar-refractivity contribution in [2.75, 3.05) is 32.4 Å². The van der Waals surface area contributed by atoms with Crippen LogP contribution in [0.5, 0.6) is 17.2 Å². The zero-order valence-electron chi connectivity index (χ0n) is 18.7. The highest BCUT2D eigenvalue weighted by Gasteiger charge is 2.07. The van der Waals surface area contributed by atoms with Gasteiger partial charge in [-0.15, -0.1) is 10.2 Å². The first kappa shape index (κ1) is 23.9. The van der Waals surface area contributed by atoms with Crippen LogP contribution in [0, 0.1) is 6.92 Å². The molecule has 9 heteroatoms. The van der Waals surface area contributed by atoms with Crippen LogP contribution >= 0.6 is 11.8 Å². The number of ketones is 1. The summed E-state index contributed by atoms with van der Waals surface area (Å²) in [7, 11) is 3.15. The quantitative estimate of drug-likeness (QED) is 0.197. The fourth-order valence-corrected chi connectivity index (χ4v) is 3.56. The number of hydrogen-bond donors (Lipinski definition) is 1. The van der Waals surface area contributed by atoms with E-state index in [1.54, 1.807) is 39.4 Å². The smallest absolute Gasteiger partial charge is 0.209 e. The van der Waals surface area contributed by atoms with E-state index in [2.05, 4.69) is 10.2 Å². The summed E-state index contributed by atoms with van der Waals surface area (Å²) in [4.78, 5) is 12.3. The molecule has 0 aliphatic carbocycles. The maximum atomic E-state index is 12.3. The van der Waals surface area contributed by atoms with Crippen molar-refractivity contribution in [3.8, 4) is 17.2 Å². The fraction of sp³-hybridized carbons (Fsp3) is 0.208. The van der Waals surface area contributed by atoms with Gasteiger partial charge in [-0.2, -0.15) is 0 Å². The van der Waals surface area contributed by atoms with Gasteiger partial charge in [0.05, 0.1) is 20.8 Å². The van der Waals surface area contributed by atoms with Crippen molar-refractivity contribution in [3.63, 3.8) is 0 Å². The predicted octanol–water partition coefficient (Wildman–Crippen LogP) is 3.78. The fourth-order valence-electron chi connectivity index (χ4n) is 2.84. The number of aryl methyl sites for hydroxylation is 1. The van der Waals surface area contributed by atoms with Crippen LogP contribution in [-0.4, -0.2) is 47.2 Å². The average Bonchev–Trinajstić information content (AvgIpc) is 3.16. The molecule has 0 amide bonds. The van der Waals surface area contributed by atoms with Crippen LogP contribution in [0.25, 0.3) is 12.2 Å². The molecule has 0 unspecified atom stereocenters. The van der Waals surface area contributed by atoms with Crippen LogP contribution in [0.4, 0.5) is 0 Å². The largest absolute Gasteiger partial charge is 0.493 e. The lowest BCUT2D eigenvalue weighted by Crippen LogP contribution is -2.12. The molecule has 172 valence electrons. The Balaban J connectivity index is 1.57. The van der Waals surface area contributed by atoms with E-state index in [0.29, 0.717) is 40.6 Å². The number of thioether (sulfide) groups is 1. The van der Waals surface area contributed by atoms with Gasteiger partial charge >= 0.3 is 0 Å². The summed E-state index contributed by atoms with van der Waals surface area (Å²) in [6, 6.07) is 13.0. The van der Waals surface area contributed by atoms with E-state index >= 15 is 0 Å². The molecule has 0 radical (unpaired) electrons. The number of rotatable bonds is 11. The van der Waals surface area contributed by atoms with Crippen LogP contribution in [0.15, 0.2) is 59.8 Å². The summed E-state index contributed by atoms with van der Waals surface area (Å²) in [5, 5.41) is 8.57. The lowest BCUT2D eigenvalue weighted by atomic mass is 10.1. The van der Waals surface area contributed by atoms with Crippen molar-refractivity contribution in [2.45, 2.75) is 12.1 Å². The lowest BCUT2D eigenvalue weighted by Gasteiger charge is -2.08. The van der Waals surface area contributed by atoms with E-state index < -0.39 is 0 Å². The predicted molar refractivity (Wildman–Crippen MR) is 130 cm³/mol. The first-order chi connectivity index (χ1) is 16.0. The minimum Gasteiger partial charge on any atom is -0.493 e. The number of carbonyl (C=O) groups is 1. The zero-order chi connectivity index (χ0) is 23.6.